The van der Waals surface area contributed by atoms with Crippen LogP contribution in [0.1, 0.15) is 35.7 Å². The molecule has 21 heavy (non-hydrogen) atoms. The Labute approximate surface area is 122 Å². The lowest BCUT2D eigenvalue weighted by Gasteiger charge is -2.26. The Hall–Kier alpha value is -2.43. The van der Waals surface area contributed by atoms with E-state index in [9.17, 15) is 0 Å². The molecule has 1 aromatic carbocycles. The summed E-state index contributed by atoms with van der Waals surface area (Å²) >= 11 is 0. The topological polar surface area (TPSA) is 69.6 Å². The first-order chi connectivity index (χ1) is 10.3. The molecule has 1 aliphatic rings. The van der Waals surface area contributed by atoms with E-state index >= 15 is 0 Å². The molecular weight excluding hydrogens is 262 g/mol. The predicted octanol–water partition coefficient (Wildman–Crippen LogP) is 2.64. The van der Waals surface area contributed by atoms with Crippen molar-refractivity contribution in [2.45, 2.75) is 32.2 Å². The molecule has 2 aromatic heterocycles. The summed E-state index contributed by atoms with van der Waals surface area (Å²) in [5, 5.41) is 5.58. The van der Waals surface area contributed by atoms with Crippen LogP contribution in [0.5, 0.6) is 0 Å². The molecule has 0 spiro atoms. The molecule has 1 aliphatic carbocycles. The maximum Gasteiger partial charge on any atom is 0.164 e. The molecule has 5 nitrogen and oxygen atoms in total. The zero-order valence-corrected chi connectivity index (χ0v) is 12.0. The molecule has 3 aromatic rings. The Morgan fingerprint density at radius 2 is 2.10 bits per heavy atom. The Morgan fingerprint density at radius 3 is 3.00 bits per heavy atom. The van der Waals surface area contributed by atoms with Crippen LogP contribution in [0.25, 0.3) is 11.0 Å². The number of nitrogens with zero attached hydrogens (tertiary/aromatic N) is 4. The highest BCUT2D eigenvalue weighted by Gasteiger charge is 2.25. The van der Waals surface area contributed by atoms with E-state index in [0.717, 1.165) is 29.6 Å². The number of aryl methyl sites for hydroxylation is 2. The summed E-state index contributed by atoms with van der Waals surface area (Å²) in [7, 11) is 0. The molecule has 0 radical (unpaired) electrons. The fourth-order valence-corrected chi connectivity index (χ4v) is 3.37. The third kappa shape index (κ3) is 1.81. The highest BCUT2D eigenvalue weighted by Crippen LogP contribution is 2.35. The molecule has 106 valence electrons. The van der Waals surface area contributed by atoms with Gasteiger partial charge in [0.25, 0.3) is 0 Å². The second-order valence-electron chi connectivity index (χ2n) is 5.59. The maximum absolute atomic E-state index is 5.99. The highest BCUT2D eigenvalue weighted by molar-refractivity contribution is 5.88. The van der Waals surface area contributed by atoms with Crippen LogP contribution in [0.4, 0.5) is 5.82 Å². The fourth-order valence-electron chi connectivity index (χ4n) is 3.37. The molecule has 0 saturated carbocycles. The van der Waals surface area contributed by atoms with Gasteiger partial charge in [-0.15, -0.1) is 0 Å². The van der Waals surface area contributed by atoms with Gasteiger partial charge in [-0.25, -0.2) is 14.6 Å². The largest absolute Gasteiger partial charge is 0.383 e. The number of anilines is 1. The van der Waals surface area contributed by atoms with Gasteiger partial charge in [-0.1, -0.05) is 24.3 Å². The molecule has 2 N–H and O–H groups in total. The monoisotopic (exact) mass is 279 g/mol. The van der Waals surface area contributed by atoms with Crippen molar-refractivity contribution >= 4 is 16.9 Å². The summed E-state index contributed by atoms with van der Waals surface area (Å²) in [6, 6.07) is 8.85. The summed E-state index contributed by atoms with van der Waals surface area (Å²) in [5.74, 6) is 0.507. The second-order valence-corrected chi connectivity index (χ2v) is 5.59. The minimum atomic E-state index is 0.237. The zero-order chi connectivity index (χ0) is 14.4. The first-order valence-corrected chi connectivity index (χ1v) is 7.29. The number of nitrogen functional groups attached to an aromatic ring is 1. The highest BCUT2D eigenvalue weighted by atomic mass is 15.3. The number of nitrogens with two attached hydrogens (primary N) is 1. The lowest BCUT2D eigenvalue weighted by molar-refractivity contribution is 0.458. The minimum absolute atomic E-state index is 0.237. The third-order valence-electron chi connectivity index (χ3n) is 4.33. The van der Waals surface area contributed by atoms with E-state index in [-0.39, 0.29) is 6.04 Å². The van der Waals surface area contributed by atoms with Crippen molar-refractivity contribution in [2.24, 2.45) is 0 Å². The van der Waals surface area contributed by atoms with E-state index in [4.69, 9.17) is 10.8 Å². The Kier molecular flexibility index (Phi) is 2.67. The van der Waals surface area contributed by atoms with Crippen LogP contribution < -0.4 is 5.73 Å². The number of hydrogen-bond acceptors (Lipinski definition) is 4. The smallest absolute Gasteiger partial charge is 0.164 e. The molecule has 1 unspecified atom stereocenters. The van der Waals surface area contributed by atoms with Crippen molar-refractivity contribution in [3.8, 4) is 0 Å². The fraction of sp³-hybridized carbons (Fsp3) is 0.312. The average molecular weight is 279 g/mol. The molecule has 0 fully saturated rings. The van der Waals surface area contributed by atoms with Gasteiger partial charge < -0.3 is 5.73 Å². The maximum atomic E-state index is 5.99. The van der Waals surface area contributed by atoms with Crippen LogP contribution in [0.2, 0.25) is 0 Å². The molecule has 5 heteroatoms. The van der Waals surface area contributed by atoms with Gasteiger partial charge in [-0.3, -0.25) is 0 Å². The predicted molar refractivity (Wildman–Crippen MR) is 82.0 cm³/mol. The summed E-state index contributed by atoms with van der Waals surface area (Å²) in [5.41, 5.74) is 10.5. The standard InChI is InChI=1S/C16H17N5/c1-10-14-15(17)18-9-19-16(14)21(20-10)13-8-4-6-11-5-2-3-7-12(11)13/h2-3,5,7,9,13H,4,6,8H2,1H3,(H2,17,18,19). The molecule has 2 heterocycles. The van der Waals surface area contributed by atoms with Crippen molar-refractivity contribution in [3.05, 3.63) is 47.4 Å². The molecule has 4 rings (SSSR count). The summed E-state index contributed by atoms with van der Waals surface area (Å²) < 4.78 is 2.03. The number of aromatic nitrogens is 4. The van der Waals surface area contributed by atoms with Gasteiger partial charge in [0, 0.05) is 0 Å². The van der Waals surface area contributed by atoms with Gasteiger partial charge in [-0.2, -0.15) is 5.10 Å². The van der Waals surface area contributed by atoms with Gasteiger partial charge in [0.2, 0.25) is 0 Å². The van der Waals surface area contributed by atoms with Crippen molar-refractivity contribution in [2.75, 3.05) is 5.73 Å². The summed E-state index contributed by atoms with van der Waals surface area (Å²) in [6.45, 7) is 1.97. The first-order valence-electron chi connectivity index (χ1n) is 7.29. The summed E-state index contributed by atoms with van der Waals surface area (Å²) in [6.07, 6.45) is 4.91. The lowest BCUT2D eigenvalue weighted by Crippen LogP contribution is -2.18. The van der Waals surface area contributed by atoms with E-state index in [1.807, 2.05) is 11.6 Å². The number of hydrogen-bond donors (Lipinski definition) is 1. The van der Waals surface area contributed by atoms with Crippen LogP contribution >= 0.6 is 0 Å². The number of rotatable bonds is 1. The Bertz CT molecular complexity index is 821. The minimum Gasteiger partial charge on any atom is -0.383 e. The van der Waals surface area contributed by atoms with Gasteiger partial charge in [0.1, 0.15) is 12.1 Å². The van der Waals surface area contributed by atoms with Crippen molar-refractivity contribution in [1.29, 1.82) is 0 Å². The number of fused-ring (bicyclic) bond motifs is 2. The Balaban J connectivity index is 1.95. The lowest BCUT2D eigenvalue weighted by atomic mass is 9.88. The third-order valence-corrected chi connectivity index (χ3v) is 4.33. The van der Waals surface area contributed by atoms with E-state index in [2.05, 4.69) is 34.2 Å². The number of benzene rings is 1. The van der Waals surface area contributed by atoms with Crippen molar-refractivity contribution in [3.63, 3.8) is 0 Å². The Morgan fingerprint density at radius 1 is 1.24 bits per heavy atom. The van der Waals surface area contributed by atoms with Crippen LogP contribution in [0.15, 0.2) is 30.6 Å². The van der Waals surface area contributed by atoms with Crippen LogP contribution in [0.3, 0.4) is 0 Å². The SMILES string of the molecule is Cc1nn(C2CCCc3ccccc32)c2ncnc(N)c12. The van der Waals surface area contributed by atoms with Gasteiger partial charge in [0.05, 0.1) is 17.1 Å². The molecular formula is C16H17N5. The zero-order valence-electron chi connectivity index (χ0n) is 12.0. The van der Waals surface area contributed by atoms with E-state index in [1.54, 1.807) is 0 Å². The van der Waals surface area contributed by atoms with Gasteiger partial charge >= 0.3 is 0 Å². The van der Waals surface area contributed by atoms with Gasteiger partial charge in [0.15, 0.2) is 5.65 Å². The molecule has 0 aliphatic heterocycles. The van der Waals surface area contributed by atoms with Crippen LogP contribution in [-0.4, -0.2) is 19.7 Å². The normalized spacial score (nSPS) is 17.9. The van der Waals surface area contributed by atoms with Crippen LogP contribution in [0, 0.1) is 6.92 Å². The van der Waals surface area contributed by atoms with Crippen LogP contribution in [-0.2, 0) is 6.42 Å². The van der Waals surface area contributed by atoms with Crippen molar-refractivity contribution < 1.29 is 0 Å². The average Bonchev–Trinajstić information content (AvgIpc) is 2.85. The molecule has 1 atom stereocenters. The second kappa shape index (κ2) is 4.55. The van der Waals surface area contributed by atoms with E-state index in [1.165, 1.54) is 23.9 Å². The molecule has 0 bridgehead atoms. The quantitative estimate of drug-likeness (QED) is 0.743. The molecule has 0 amide bonds. The first kappa shape index (κ1) is 12.3. The van der Waals surface area contributed by atoms with E-state index in [0.29, 0.717) is 5.82 Å². The van der Waals surface area contributed by atoms with Gasteiger partial charge in [-0.05, 0) is 37.3 Å². The van der Waals surface area contributed by atoms with Crippen molar-refractivity contribution in [1.82, 2.24) is 19.7 Å². The summed E-state index contributed by atoms with van der Waals surface area (Å²) in [4.78, 5) is 8.50. The van der Waals surface area contributed by atoms with E-state index < -0.39 is 0 Å². The molecule has 0 saturated heterocycles.